The third-order valence-electron chi connectivity index (χ3n) is 7.39. The molecule has 2 unspecified atom stereocenters. The van der Waals surface area contributed by atoms with Crippen molar-refractivity contribution >= 4 is 23.5 Å². The molecule has 0 saturated heterocycles. The van der Waals surface area contributed by atoms with Crippen LogP contribution in [0, 0.1) is 12.3 Å². The normalized spacial score (nSPS) is 11.9. The number of thioether (sulfide) groups is 2. The molecule has 0 aliphatic rings. The molecule has 4 aromatic carbocycles. The number of benzene rings is 4. The van der Waals surface area contributed by atoms with Crippen LogP contribution in [-0.4, -0.2) is 76.8 Å². The van der Waals surface area contributed by atoms with E-state index in [4.69, 9.17) is 39.6 Å². The Labute approximate surface area is 309 Å². The quantitative estimate of drug-likeness (QED) is 0.0776. The Morgan fingerprint density at radius 2 is 0.961 bits per heavy atom. The molecule has 0 amide bonds. The molecule has 51 heavy (non-hydrogen) atoms. The lowest BCUT2D eigenvalue weighted by molar-refractivity contribution is 0.172. The van der Waals surface area contributed by atoms with Gasteiger partial charge in [-0.25, -0.2) is 0 Å². The molecule has 0 spiro atoms. The third kappa shape index (κ3) is 11.2. The molecule has 0 saturated carbocycles. The van der Waals surface area contributed by atoms with Crippen molar-refractivity contribution in [1.82, 2.24) is 0 Å². The highest BCUT2D eigenvalue weighted by atomic mass is 32.2. The van der Waals surface area contributed by atoms with E-state index < -0.39 is 5.60 Å². The van der Waals surface area contributed by atoms with Gasteiger partial charge in [-0.1, -0.05) is 5.92 Å². The summed E-state index contributed by atoms with van der Waals surface area (Å²) >= 11 is 3.02. The number of aromatic hydroxyl groups is 1. The Morgan fingerprint density at radius 1 is 0.608 bits per heavy atom. The highest BCUT2D eigenvalue weighted by Crippen LogP contribution is 2.45. The molecule has 0 radical (unpaired) electrons. The first-order chi connectivity index (χ1) is 24.5. The molecule has 4 rings (SSSR count). The van der Waals surface area contributed by atoms with Crippen LogP contribution < -0.4 is 33.2 Å². The average molecular weight is 739 g/mol. The van der Waals surface area contributed by atoms with Crippen LogP contribution in [0.5, 0.6) is 46.0 Å². The van der Waals surface area contributed by atoms with E-state index in [9.17, 15) is 15.3 Å². The van der Waals surface area contributed by atoms with Crippen LogP contribution in [0.15, 0.2) is 82.6 Å². The van der Waals surface area contributed by atoms with E-state index in [0.717, 1.165) is 20.9 Å². The van der Waals surface area contributed by atoms with Crippen LogP contribution >= 0.6 is 23.5 Å². The van der Waals surface area contributed by atoms with Crippen molar-refractivity contribution in [2.75, 3.05) is 55.9 Å². The summed E-state index contributed by atoms with van der Waals surface area (Å²) in [5, 5.41) is 28.7. The number of phenols is 1. The van der Waals surface area contributed by atoms with Gasteiger partial charge in [0.05, 0.1) is 66.4 Å². The minimum Gasteiger partial charge on any atom is -0.508 e. The molecule has 2 atom stereocenters. The SMILES string of the molecule is C#CC(C)(C)Oc1ccc(SC(CO)c2cc(OC)c(OC)c(OC)c2)cc1.COc1cc(C(CO)Sc2ccc(O)cc2)cc(OC)c1OC. The zero-order chi connectivity index (χ0) is 37.6. The van der Waals surface area contributed by atoms with Gasteiger partial charge in [0.15, 0.2) is 28.6 Å². The van der Waals surface area contributed by atoms with Crippen molar-refractivity contribution in [3.63, 3.8) is 0 Å². The molecule has 10 nitrogen and oxygen atoms in total. The average Bonchev–Trinajstić information content (AvgIpc) is 3.16. The Kier molecular flexibility index (Phi) is 15.8. The molecular formula is C39H46O10S2. The Hall–Kier alpha value is -4.54. The number of hydrogen-bond donors (Lipinski definition) is 3. The minimum absolute atomic E-state index is 0.0499. The second-order valence-electron chi connectivity index (χ2n) is 11.2. The van der Waals surface area contributed by atoms with Gasteiger partial charge in [-0.05, 0) is 97.8 Å². The highest BCUT2D eigenvalue weighted by molar-refractivity contribution is 7.99. The van der Waals surface area contributed by atoms with Crippen LogP contribution in [0.2, 0.25) is 0 Å². The summed E-state index contributed by atoms with van der Waals surface area (Å²) in [4.78, 5) is 1.93. The molecule has 0 aromatic heterocycles. The standard InChI is InChI=1S/C22H26O5S.C17H20O5S/c1-7-22(2,3)27-16-8-10-17(11-9-16)28-20(14-23)15-12-18(24-4)21(26-6)19(13-15)25-5;1-20-14-8-11(9-15(21-2)17(14)22-3)16(10-18)23-13-6-4-12(19)5-7-13/h1,8-13,20,23H,14H2,2-6H3;4-9,16,18-19H,10H2,1-3H3. The van der Waals surface area contributed by atoms with Crippen LogP contribution in [0.4, 0.5) is 0 Å². The summed E-state index contributed by atoms with van der Waals surface area (Å²) in [5.41, 5.74) is 1.06. The van der Waals surface area contributed by atoms with Crippen molar-refractivity contribution in [3.05, 3.63) is 83.9 Å². The Morgan fingerprint density at radius 3 is 1.25 bits per heavy atom. The first-order valence-electron chi connectivity index (χ1n) is 15.7. The lowest BCUT2D eigenvalue weighted by Gasteiger charge is -2.21. The topological polar surface area (TPSA) is 125 Å². The van der Waals surface area contributed by atoms with Gasteiger partial charge in [0, 0.05) is 9.79 Å². The molecule has 0 fully saturated rings. The molecule has 12 heteroatoms. The van der Waals surface area contributed by atoms with Crippen molar-refractivity contribution in [2.45, 2.75) is 39.7 Å². The molecule has 0 aliphatic heterocycles. The monoisotopic (exact) mass is 738 g/mol. The number of aliphatic hydroxyl groups is 2. The summed E-state index contributed by atoms with van der Waals surface area (Å²) in [6.07, 6.45) is 5.46. The van der Waals surface area contributed by atoms with E-state index in [1.807, 2.05) is 62.4 Å². The predicted molar refractivity (Wildman–Crippen MR) is 202 cm³/mol. The Bertz CT molecular complexity index is 1670. The molecule has 0 aliphatic carbocycles. The number of rotatable bonds is 16. The maximum absolute atomic E-state index is 9.95. The number of phenolic OH excluding ortho intramolecular Hbond substituents is 1. The zero-order valence-corrected chi connectivity index (χ0v) is 31.7. The van der Waals surface area contributed by atoms with E-state index >= 15 is 0 Å². The van der Waals surface area contributed by atoms with E-state index in [2.05, 4.69) is 5.92 Å². The van der Waals surface area contributed by atoms with Gasteiger partial charge in [-0.15, -0.1) is 29.9 Å². The van der Waals surface area contributed by atoms with Gasteiger partial charge in [-0.2, -0.15) is 0 Å². The predicted octanol–water partition coefficient (Wildman–Crippen LogP) is 7.57. The number of terminal acetylenes is 1. The lowest BCUT2D eigenvalue weighted by Crippen LogP contribution is -2.25. The second kappa shape index (κ2) is 19.7. The van der Waals surface area contributed by atoms with Crippen LogP contribution in [0.1, 0.15) is 35.5 Å². The molecule has 0 heterocycles. The van der Waals surface area contributed by atoms with Gasteiger partial charge in [-0.3, -0.25) is 0 Å². The van der Waals surface area contributed by atoms with Crippen molar-refractivity contribution in [3.8, 4) is 58.3 Å². The van der Waals surface area contributed by atoms with Gasteiger partial charge in [0.25, 0.3) is 0 Å². The summed E-state index contributed by atoms with van der Waals surface area (Å²) in [6, 6.07) is 21.8. The minimum atomic E-state index is -0.668. The van der Waals surface area contributed by atoms with Crippen molar-refractivity contribution in [1.29, 1.82) is 0 Å². The number of aliphatic hydroxyl groups excluding tert-OH is 2. The first-order valence-corrected chi connectivity index (χ1v) is 17.5. The maximum atomic E-state index is 9.95. The number of ether oxygens (including phenoxy) is 7. The number of methoxy groups -OCH3 is 6. The fourth-order valence-electron chi connectivity index (χ4n) is 4.76. The van der Waals surface area contributed by atoms with Gasteiger partial charge in [0.1, 0.15) is 11.5 Å². The summed E-state index contributed by atoms with van der Waals surface area (Å²) < 4.78 is 38.0. The second-order valence-corrected chi connectivity index (χ2v) is 13.8. The zero-order valence-electron chi connectivity index (χ0n) is 30.1. The first kappa shape index (κ1) is 40.9. The van der Waals surface area contributed by atoms with Crippen molar-refractivity contribution in [2.24, 2.45) is 0 Å². The fourth-order valence-corrected chi connectivity index (χ4v) is 6.70. The highest BCUT2D eigenvalue weighted by Gasteiger charge is 2.21. The van der Waals surface area contributed by atoms with Crippen LogP contribution in [0.25, 0.3) is 0 Å². The molecule has 0 bridgehead atoms. The maximum Gasteiger partial charge on any atom is 0.203 e. The van der Waals surface area contributed by atoms with E-state index in [1.165, 1.54) is 23.5 Å². The fraction of sp³-hybridized carbons (Fsp3) is 0.333. The summed E-state index contributed by atoms with van der Waals surface area (Å²) in [6.45, 7) is 3.57. The third-order valence-corrected chi connectivity index (χ3v) is 9.89. The smallest absolute Gasteiger partial charge is 0.203 e. The largest absolute Gasteiger partial charge is 0.508 e. The van der Waals surface area contributed by atoms with Gasteiger partial charge >= 0.3 is 0 Å². The molecule has 4 aromatic rings. The van der Waals surface area contributed by atoms with E-state index in [0.29, 0.717) is 40.2 Å². The number of hydrogen-bond acceptors (Lipinski definition) is 12. The summed E-state index contributed by atoms with van der Waals surface area (Å²) in [7, 11) is 9.36. The Balaban J connectivity index is 0.000000281. The van der Waals surface area contributed by atoms with Crippen LogP contribution in [0.3, 0.4) is 0 Å². The molecular weight excluding hydrogens is 693 g/mol. The molecule has 274 valence electrons. The van der Waals surface area contributed by atoms with E-state index in [-0.39, 0.29) is 29.5 Å². The van der Waals surface area contributed by atoms with Gasteiger partial charge < -0.3 is 48.5 Å². The molecule has 3 N–H and O–H groups in total. The van der Waals surface area contributed by atoms with Gasteiger partial charge in [0.2, 0.25) is 11.5 Å². The van der Waals surface area contributed by atoms with Crippen LogP contribution in [-0.2, 0) is 0 Å². The van der Waals surface area contributed by atoms with Crippen molar-refractivity contribution < 1.29 is 48.5 Å². The lowest BCUT2D eigenvalue weighted by atomic mass is 10.1. The summed E-state index contributed by atoms with van der Waals surface area (Å²) in [5.74, 6) is 6.75. The van der Waals surface area contributed by atoms with E-state index in [1.54, 1.807) is 66.9 Å².